The van der Waals surface area contributed by atoms with Crippen LogP contribution in [0, 0.1) is 0 Å². The fourth-order valence-electron chi connectivity index (χ4n) is 3.99. The third-order valence-electron chi connectivity index (χ3n) is 5.77. The molecule has 1 aliphatic heterocycles. The van der Waals surface area contributed by atoms with E-state index in [0.29, 0.717) is 37.3 Å². The number of amides is 3. The van der Waals surface area contributed by atoms with Crippen LogP contribution >= 0.6 is 0 Å². The summed E-state index contributed by atoms with van der Waals surface area (Å²) in [5, 5.41) is 5.64. The maximum atomic E-state index is 12.6. The molecule has 2 heterocycles. The van der Waals surface area contributed by atoms with Crippen molar-refractivity contribution in [3.63, 3.8) is 0 Å². The van der Waals surface area contributed by atoms with Gasteiger partial charge in [0.2, 0.25) is 15.9 Å². The van der Waals surface area contributed by atoms with Crippen LogP contribution in [0.15, 0.2) is 47.4 Å². The SMILES string of the molecule is CCn1c(CCC(=O)Nc2cccc(N3CCNC3=O)c2)nc2cc(S(=O)(=O)N(C)C)ccc21. The molecule has 11 heteroatoms. The molecule has 1 fully saturated rings. The fourth-order valence-corrected chi connectivity index (χ4v) is 4.92. The van der Waals surface area contributed by atoms with Crippen molar-refractivity contribution in [2.75, 3.05) is 37.4 Å². The van der Waals surface area contributed by atoms with Gasteiger partial charge in [-0.25, -0.2) is 22.5 Å². The van der Waals surface area contributed by atoms with E-state index in [-0.39, 0.29) is 23.3 Å². The number of benzene rings is 2. The molecule has 180 valence electrons. The second-order valence-corrected chi connectivity index (χ2v) is 10.3. The molecular weight excluding hydrogens is 456 g/mol. The Kier molecular flexibility index (Phi) is 6.58. The van der Waals surface area contributed by atoms with Crippen molar-refractivity contribution in [1.82, 2.24) is 19.2 Å². The third-order valence-corrected chi connectivity index (χ3v) is 7.58. The summed E-state index contributed by atoms with van der Waals surface area (Å²) in [6, 6.07) is 11.9. The van der Waals surface area contributed by atoms with Crippen molar-refractivity contribution >= 4 is 44.4 Å². The number of imidazole rings is 1. The summed E-state index contributed by atoms with van der Waals surface area (Å²) in [5.74, 6) is 0.545. The van der Waals surface area contributed by atoms with Crippen molar-refractivity contribution in [1.29, 1.82) is 0 Å². The molecule has 0 saturated carbocycles. The number of hydrogen-bond donors (Lipinski definition) is 2. The van der Waals surface area contributed by atoms with E-state index in [0.717, 1.165) is 17.0 Å². The van der Waals surface area contributed by atoms with Gasteiger partial charge in [0.15, 0.2) is 0 Å². The van der Waals surface area contributed by atoms with E-state index < -0.39 is 10.0 Å². The molecule has 0 atom stereocenters. The molecular formula is C23H28N6O4S. The Balaban J connectivity index is 1.48. The number of carbonyl (C=O) groups excluding carboxylic acids is 2. The molecule has 1 saturated heterocycles. The van der Waals surface area contributed by atoms with Crippen LogP contribution in [0.4, 0.5) is 16.2 Å². The number of sulfonamides is 1. The first-order valence-electron chi connectivity index (χ1n) is 11.1. The topological polar surface area (TPSA) is 117 Å². The van der Waals surface area contributed by atoms with Crippen molar-refractivity contribution in [3.05, 3.63) is 48.3 Å². The van der Waals surface area contributed by atoms with Gasteiger partial charge in [0.05, 0.1) is 15.9 Å². The molecule has 0 radical (unpaired) electrons. The summed E-state index contributed by atoms with van der Waals surface area (Å²) in [4.78, 5) is 31.0. The Morgan fingerprint density at radius 3 is 2.68 bits per heavy atom. The lowest BCUT2D eigenvalue weighted by molar-refractivity contribution is -0.116. The van der Waals surface area contributed by atoms with Crippen LogP contribution in [0.1, 0.15) is 19.2 Å². The van der Waals surface area contributed by atoms with Crippen LogP contribution in [0.3, 0.4) is 0 Å². The van der Waals surface area contributed by atoms with Gasteiger partial charge in [-0.15, -0.1) is 0 Å². The van der Waals surface area contributed by atoms with E-state index in [2.05, 4.69) is 15.6 Å². The van der Waals surface area contributed by atoms with E-state index in [1.807, 2.05) is 17.6 Å². The zero-order valence-electron chi connectivity index (χ0n) is 19.4. The number of rotatable bonds is 8. The third kappa shape index (κ3) is 4.62. The van der Waals surface area contributed by atoms with E-state index in [4.69, 9.17) is 0 Å². The van der Waals surface area contributed by atoms with Gasteiger partial charge in [-0.3, -0.25) is 9.69 Å². The van der Waals surface area contributed by atoms with Crippen molar-refractivity contribution < 1.29 is 18.0 Å². The second kappa shape index (κ2) is 9.43. The van der Waals surface area contributed by atoms with Crippen molar-refractivity contribution in [2.24, 2.45) is 0 Å². The Morgan fingerprint density at radius 1 is 1.21 bits per heavy atom. The monoisotopic (exact) mass is 484 g/mol. The maximum absolute atomic E-state index is 12.6. The van der Waals surface area contributed by atoms with Gasteiger partial charge >= 0.3 is 6.03 Å². The summed E-state index contributed by atoms with van der Waals surface area (Å²) >= 11 is 0. The molecule has 1 aromatic heterocycles. The molecule has 10 nitrogen and oxygen atoms in total. The lowest BCUT2D eigenvalue weighted by atomic mass is 10.2. The number of nitrogens with zero attached hydrogens (tertiary/aromatic N) is 4. The highest BCUT2D eigenvalue weighted by molar-refractivity contribution is 7.89. The number of urea groups is 1. The summed E-state index contributed by atoms with van der Waals surface area (Å²) < 4.78 is 28.1. The minimum absolute atomic E-state index is 0.150. The van der Waals surface area contributed by atoms with E-state index in [1.165, 1.54) is 18.4 Å². The zero-order chi connectivity index (χ0) is 24.5. The smallest absolute Gasteiger partial charge is 0.321 e. The molecule has 0 aliphatic carbocycles. The first-order chi connectivity index (χ1) is 16.2. The molecule has 1 aliphatic rings. The van der Waals surface area contributed by atoms with Gasteiger partial charge in [0.25, 0.3) is 0 Å². The lowest BCUT2D eigenvalue weighted by Crippen LogP contribution is -2.27. The molecule has 0 bridgehead atoms. The van der Waals surface area contributed by atoms with Gasteiger partial charge in [-0.2, -0.15) is 0 Å². The highest BCUT2D eigenvalue weighted by Gasteiger charge is 2.22. The normalized spacial score (nSPS) is 14.1. The summed E-state index contributed by atoms with van der Waals surface area (Å²) in [7, 11) is -0.581. The van der Waals surface area contributed by atoms with Crippen LogP contribution in [0.5, 0.6) is 0 Å². The van der Waals surface area contributed by atoms with Gasteiger partial charge in [0.1, 0.15) is 5.82 Å². The van der Waals surface area contributed by atoms with Crippen LogP contribution < -0.4 is 15.5 Å². The predicted molar refractivity (Wildman–Crippen MR) is 130 cm³/mol. The Labute approximate surface area is 198 Å². The number of aromatic nitrogens is 2. The largest absolute Gasteiger partial charge is 0.336 e. The van der Waals surface area contributed by atoms with Crippen LogP contribution in [-0.4, -0.2) is 61.4 Å². The average molecular weight is 485 g/mol. The molecule has 3 aromatic rings. The summed E-state index contributed by atoms with van der Waals surface area (Å²) in [5.41, 5.74) is 2.75. The number of aryl methyl sites for hydroxylation is 2. The number of carbonyl (C=O) groups is 2. The van der Waals surface area contributed by atoms with Crippen LogP contribution in [0.25, 0.3) is 11.0 Å². The number of fused-ring (bicyclic) bond motifs is 1. The highest BCUT2D eigenvalue weighted by atomic mass is 32.2. The number of nitrogens with one attached hydrogen (secondary N) is 2. The molecule has 34 heavy (non-hydrogen) atoms. The van der Waals surface area contributed by atoms with Gasteiger partial charge in [-0.05, 0) is 43.3 Å². The Hall–Kier alpha value is -3.44. The molecule has 4 rings (SSSR count). The first-order valence-corrected chi connectivity index (χ1v) is 12.5. The quantitative estimate of drug-likeness (QED) is 0.509. The molecule has 3 amide bonds. The van der Waals surface area contributed by atoms with Crippen LogP contribution in [-0.2, 0) is 27.8 Å². The van der Waals surface area contributed by atoms with Gasteiger partial charge < -0.3 is 15.2 Å². The second-order valence-electron chi connectivity index (χ2n) is 8.19. The van der Waals surface area contributed by atoms with E-state index in [9.17, 15) is 18.0 Å². The number of hydrogen-bond acceptors (Lipinski definition) is 5. The summed E-state index contributed by atoms with van der Waals surface area (Å²) in [6.07, 6.45) is 0.610. The number of anilines is 2. The highest BCUT2D eigenvalue weighted by Crippen LogP contribution is 2.24. The van der Waals surface area contributed by atoms with Crippen molar-refractivity contribution in [3.8, 4) is 0 Å². The molecule has 2 aromatic carbocycles. The maximum Gasteiger partial charge on any atom is 0.321 e. The molecule has 0 unspecified atom stereocenters. The van der Waals surface area contributed by atoms with Crippen molar-refractivity contribution in [2.45, 2.75) is 31.2 Å². The van der Waals surface area contributed by atoms with Crippen LogP contribution in [0.2, 0.25) is 0 Å². The predicted octanol–water partition coefficient (Wildman–Crippen LogP) is 2.41. The molecule has 2 N–H and O–H groups in total. The molecule has 0 spiro atoms. The standard InChI is InChI=1S/C23H28N6O4S/c1-4-28-20-9-8-18(34(32,33)27(2)3)15-19(20)26-21(28)10-11-22(30)25-16-6-5-7-17(14-16)29-13-12-24-23(29)31/h5-9,14-15H,4,10-13H2,1-3H3,(H,24,31)(H,25,30). The fraction of sp³-hybridized carbons (Fsp3) is 0.348. The first kappa shape index (κ1) is 23.7. The minimum atomic E-state index is -3.56. The van der Waals surface area contributed by atoms with Gasteiger partial charge in [0, 0.05) is 57.9 Å². The Bertz CT molecular complexity index is 1350. The van der Waals surface area contributed by atoms with E-state index in [1.54, 1.807) is 41.3 Å². The minimum Gasteiger partial charge on any atom is -0.336 e. The van der Waals surface area contributed by atoms with Gasteiger partial charge in [-0.1, -0.05) is 6.07 Å². The van der Waals surface area contributed by atoms with E-state index >= 15 is 0 Å². The zero-order valence-corrected chi connectivity index (χ0v) is 20.2. The summed E-state index contributed by atoms with van der Waals surface area (Å²) in [6.45, 7) is 3.81. The average Bonchev–Trinajstić information content (AvgIpc) is 3.39. The Morgan fingerprint density at radius 2 is 2.00 bits per heavy atom. The lowest BCUT2D eigenvalue weighted by Gasteiger charge is -2.15.